The second-order valence-corrected chi connectivity index (χ2v) is 8.52. The number of para-hydroxylation sites is 2. The molecular formula is C27H37N3O3. The number of aliphatic hydroxyl groups is 1. The fourth-order valence-corrected chi connectivity index (χ4v) is 3.80. The Morgan fingerprint density at radius 1 is 1.00 bits per heavy atom. The molecule has 0 saturated carbocycles. The van der Waals surface area contributed by atoms with Gasteiger partial charge in [0.05, 0.1) is 35.8 Å². The third-order valence-corrected chi connectivity index (χ3v) is 5.33. The number of benzene rings is 2. The zero-order valence-corrected chi connectivity index (χ0v) is 20.3. The molecule has 0 aliphatic rings. The molecule has 0 unspecified atom stereocenters. The lowest BCUT2D eigenvalue weighted by Crippen LogP contribution is -2.35. The highest BCUT2D eigenvalue weighted by Crippen LogP contribution is 2.32. The highest BCUT2D eigenvalue weighted by Gasteiger charge is 2.23. The van der Waals surface area contributed by atoms with Crippen LogP contribution in [0.2, 0.25) is 0 Å². The van der Waals surface area contributed by atoms with Gasteiger partial charge >= 0.3 is 0 Å². The van der Waals surface area contributed by atoms with Crippen LogP contribution in [0.4, 0.5) is 0 Å². The molecule has 1 aromatic heterocycles. The van der Waals surface area contributed by atoms with E-state index < -0.39 is 6.10 Å². The number of aliphatic hydroxyl groups excluding tert-OH is 1. The average Bonchev–Trinajstić information content (AvgIpc) is 3.16. The molecule has 0 saturated heterocycles. The van der Waals surface area contributed by atoms with E-state index in [1.54, 1.807) is 0 Å². The van der Waals surface area contributed by atoms with Crippen LogP contribution in [-0.2, 0) is 17.7 Å². The maximum Gasteiger partial charge on any atom is 0.227 e. The number of aryl methyl sites for hydroxylation is 1. The van der Waals surface area contributed by atoms with Crippen molar-refractivity contribution in [2.75, 3.05) is 19.7 Å². The third kappa shape index (κ3) is 7.16. The monoisotopic (exact) mass is 451 g/mol. The van der Waals surface area contributed by atoms with Crippen LogP contribution < -0.4 is 4.74 Å². The smallest absolute Gasteiger partial charge is 0.227 e. The number of aromatic nitrogens is 2. The summed E-state index contributed by atoms with van der Waals surface area (Å²) < 4.78 is 13.9. The molecule has 0 radical (unpaired) electrons. The van der Waals surface area contributed by atoms with Gasteiger partial charge in [0.2, 0.25) is 5.88 Å². The summed E-state index contributed by atoms with van der Waals surface area (Å²) in [6.45, 7) is 10.6. The van der Waals surface area contributed by atoms with E-state index in [-0.39, 0.29) is 6.10 Å². The van der Waals surface area contributed by atoms with Gasteiger partial charge in [-0.3, -0.25) is 4.90 Å². The molecule has 1 heterocycles. The molecule has 6 nitrogen and oxygen atoms in total. The molecule has 3 rings (SSSR count). The van der Waals surface area contributed by atoms with Crippen LogP contribution in [0.25, 0.3) is 5.69 Å². The molecule has 33 heavy (non-hydrogen) atoms. The lowest BCUT2D eigenvalue weighted by atomic mass is 10.1. The molecule has 0 spiro atoms. The minimum absolute atomic E-state index is 0.0981. The number of nitrogens with zero attached hydrogens (tertiary/aromatic N) is 3. The van der Waals surface area contributed by atoms with Crippen molar-refractivity contribution >= 4 is 0 Å². The summed E-state index contributed by atoms with van der Waals surface area (Å²) >= 11 is 0. The lowest BCUT2D eigenvalue weighted by molar-refractivity contribution is -0.00957. The Morgan fingerprint density at radius 3 is 2.27 bits per heavy atom. The van der Waals surface area contributed by atoms with Crippen LogP contribution in [0.3, 0.4) is 0 Å². The highest BCUT2D eigenvalue weighted by atomic mass is 16.5. The largest absolute Gasteiger partial charge is 0.439 e. The van der Waals surface area contributed by atoms with Gasteiger partial charge in [-0.05, 0) is 57.5 Å². The first-order chi connectivity index (χ1) is 16.0. The normalized spacial score (nSPS) is 12.5. The van der Waals surface area contributed by atoms with Gasteiger partial charge in [0.15, 0.2) is 0 Å². The van der Waals surface area contributed by atoms with E-state index in [2.05, 4.69) is 18.7 Å². The SMILES string of the molecule is CCCN(Cc1c(CC)nn(-c2ccccc2)c1Oc1ccccc1)C[C@@H](O)COC(C)C. The molecule has 0 aliphatic heterocycles. The first kappa shape index (κ1) is 25.0. The predicted molar refractivity (Wildman–Crippen MR) is 132 cm³/mol. The van der Waals surface area contributed by atoms with Gasteiger partial charge in [0.25, 0.3) is 0 Å². The van der Waals surface area contributed by atoms with Gasteiger partial charge in [0, 0.05) is 13.1 Å². The second kappa shape index (κ2) is 12.5. The fourth-order valence-electron chi connectivity index (χ4n) is 3.80. The van der Waals surface area contributed by atoms with Crippen LogP contribution in [0.5, 0.6) is 11.6 Å². The summed E-state index contributed by atoms with van der Waals surface area (Å²) in [7, 11) is 0. The van der Waals surface area contributed by atoms with Gasteiger partial charge < -0.3 is 14.6 Å². The third-order valence-electron chi connectivity index (χ3n) is 5.33. The van der Waals surface area contributed by atoms with Crippen LogP contribution in [0.15, 0.2) is 60.7 Å². The molecule has 0 aliphatic carbocycles. The number of rotatable bonds is 13. The van der Waals surface area contributed by atoms with Gasteiger partial charge in [-0.2, -0.15) is 5.10 Å². The van der Waals surface area contributed by atoms with Gasteiger partial charge in [-0.1, -0.05) is 50.2 Å². The molecule has 3 aromatic rings. The zero-order chi connectivity index (χ0) is 23.6. The van der Waals surface area contributed by atoms with Gasteiger partial charge in [-0.25, -0.2) is 4.68 Å². The van der Waals surface area contributed by atoms with Crippen molar-refractivity contribution < 1.29 is 14.6 Å². The number of ether oxygens (including phenoxy) is 2. The average molecular weight is 452 g/mol. The van der Waals surface area contributed by atoms with E-state index in [4.69, 9.17) is 14.6 Å². The summed E-state index contributed by atoms with van der Waals surface area (Å²) in [5.41, 5.74) is 3.01. The van der Waals surface area contributed by atoms with Crippen LogP contribution >= 0.6 is 0 Å². The Hall–Kier alpha value is -2.67. The molecule has 0 fully saturated rings. The summed E-state index contributed by atoms with van der Waals surface area (Å²) in [6, 6.07) is 19.9. The molecule has 1 N–H and O–H groups in total. The van der Waals surface area contributed by atoms with E-state index in [1.807, 2.05) is 79.2 Å². The summed E-state index contributed by atoms with van der Waals surface area (Å²) in [6.07, 6.45) is 1.33. The van der Waals surface area contributed by atoms with Crippen molar-refractivity contribution in [1.82, 2.24) is 14.7 Å². The Bertz CT molecular complexity index is 958. The first-order valence-corrected chi connectivity index (χ1v) is 11.9. The van der Waals surface area contributed by atoms with Crippen molar-refractivity contribution in [1.29, 1.82) is 0 Å². The van der Waals surface area contributed by atoms with E-state index >= 15 is 0 Å². The molecule has 0 amide bonds. The van der Waals surface area contributed by atoms with Crippen molar-refractivity contribution in [2.45, 2.75) is 59.3 Å². The van der Waals surface area contributed by atoms with Crippen LogP contribution in [0, 0.1) is 0 Å². The minimum Gasteiger partial charge on any atom is -0.439 e. The second-order valence-electron chi connectivity index (χ2n) is 8.52. The minimum atomic E-state index is -0.549. The van der Waals surface area contributed by atoms with Crippen LogP contribution in [0.1, 0.15) is 45.4 Å². The lowest BCUT2D eigenvalue weighted by Gasteiger charge is -2.25. The Kier molecular flexibility index (Phi) is 9.48. The zero-order valence-electron chi connectivity index (χ0n) is 20.3. The van der Waals surface area contributed by atoms with Crippen molar-refractivity contribution in [3.8, 4) is 17.3 Å². The number of hydrogen-bond acceptors (Lipinski definition) is 5. The van der Waals surface area contributed by atoms with Crippen molar-refractivity contribution in [3.05, 3.63) is 71.9 Å². The fraction of sp³-hybridized carbons (Fsp3) is 0.444. The Balaban J connectivity index is 1.95. The Labute approximate surface area is 197 Å². The summed E-state index contributed by atoms with van der Waals surface area (Å²) in [5, 5.41) is 15.5. The van der Waals surface area contributed by atoms with E-state index in [0.717, 1.165) is 48.0 Å². The van der Waals surface area contributed by atoms with Crippen LogP contribution in [-0.4, -0.2) is 51.7 Å². The van der Waals surface area contributed by atoms with Crippen molar-refractivity contribution in [3.63, 3.8) is 0 Å². The standard InChI is InChI=1S/C27H37N3O3/c1-5-17-29(18-23(31)20-32-21(3)4)19-25-26(6-2)28-30(22-13-9-7-10-14-22)27(25)33-24-15-11-8-12-16-24/h7-16,21,23,31H,5-6,17-20H2,1-4H3/t23-/m1/s1. The molecule has 6 heteroatoms. The Morgan fingerprint density at radius 2 is 1.67 bits per heavy atom. The number of hydrogen-bond donors (Lipinski definition) is 1. The van der Waals surface area contributed by atoms with Crippen molar-refractivity contribution in [2.24, 2.45) is 0 Å². The first-order valence-electron chi connectivity index (χ1n) is 11.9. The maximum absolute atomic E-state index is 10.6. The molecule has 0 bridgehead atoms. The topological polar surface area (TPSA) is 59.8 Å². The summed E-state index contributed by atoms with van der Waals surface area (Å²) in [5.74, 6) is 1.49. The highest BCUT2D eigenvalue weighted by molar-refractivity contribution is 5.43. The summed E-state index contributed by atoms with van der Waals surface area (Å²) in [4.78, 5) is 2.26. The van der Waals surface area contributed by atoms with E-state index in [1.165, 1.54) is 0 Å². The van der Waals surface area contributed by atoms with E-state index in [0.29, 0.717) is 19.7 Å². The maximum atomic E-state index is 10.6. The molecule has 2 aromatic carbocycles. The van der Waals surface area contributed by atoms with Gasteiger partial charge in [-0.15, -0.1) is 0 Å². The quantitative estimate of drug-likeness (QED) is 0.386. The molecule has 1 atom stereocenters. The molecular weight excluding hydrogens is 414 g/mol. The molecule has 178 valence electrons. The predicted octanol–water partition coefficient (Wildman–Crippen LogP) is 5.22. The van der Waals surface area contributed by atoms with Gasteiger partial charge in [0.1, 0.15) is 5.75 Å². The van der Waals surface area contributed by atoms with E-state index in [9.17, 15) is 5.11 Å².